The molecule has 3 nitrogen and oxygen atoms in total. The lowest BCUT2D eigenvalue weighted by Crippen LogP contribution is -2.38. The second kappa shape index (κ2) is 12.3. The average molecular weight is 505 g/mol. The number of rotatable bonds is 6. The van der Waals surface area contributed by atoms with Gasteiger partial charge in [-0.05, 0) is 49.8 Å². The van der Waals surface area contributed by atoms with Gasteiger partial charge in [0.05, 0.1) is 11.1 Å². The van der Waals surface area contributed by atoms with Crippen molar-refractivity contribution in [3.05, 3.63) is 100 Å². The van der Waals surface area contributed by atoms with Gasteiger partial charge < -0.3 is 4.90 Å². The molecular formula is C28H35F3N2OS. The molecule has 35 heavy (non-hydrogen) atoms. The van der Waals surface area contributed by atoms with E-state index in [2.05, 4.69) is 51.0 Å². The molecule has 7 heteroatoms. The molecule has 0 saturated carbocycles. The highest BCUT2D eigenvalue weighted by Crippen LogP contribution is 2.30. The lowest BCUT2D eigenvalue weighted by Gasteiger charge is -2.34. The SMILES string of the molecule is C=C(C)C(c1ccccc1)n1c(S)cc2c(c1=O)CCN(C(=CC)CC(C)C)C2.C=CC(F)(F)F. The minimum absolute atomic E-state index is 0.0625. The minimum atomic E-state index is -4.19. The first-order chi connectivity index (χ1) is 16.4. The second-order valence-electron chi connectivity index (χ2n) is 9.14. The van der Waals surface area contributed by atoms with Gasteiger partial charge in [-0.1, -0.05) is 69.0 Å². The van der Waals surface area contributed by atoms with Gasteiger partial charge >= 0.3 is 6.18 Å². The van der Waals surface area contributed by atoms with Crippen LogP contribution in [0.15, 0.2) is 82.8 Å². The van der Waals surface area contributed by atoms with Crippen molar-refractivity contribution < 1.29 is 13.2 Å². The van der Waals surface area contributed by atoms with Crippen molar-refractivity contribution in [1.82, 2.24) is 9.47 Å². The van der Waals surface area contributed by atoms with E-state index in [1.54, 1.807) is 4.57 Å². The fraction of sp³-hybridized carbons (Fsp3) is 0.393. The fourth-order valence-corrected chi connectivity index (χ4v) is 4.63. The van der Waals surface area contributed by atoms with Crippen molar-refractivity contribution in [3.63, 3.8) is 0 Å². The number of thiol groups is 1. The molecule has 1 aliphatic rings. The standard InChI is InChI=1S/C25H32N2OS.C3H3F3/c1-6-21(14-17(2)3)26-13-12-22-20(16-26)15-23(29)27(25(22)28)24(18(4)5)19-10-8-7-9-11-19;1-2-3(4,5)6/h6-11,15,17,24,29H,4,12-14,16H2,1-3,5H3;2H,1H2. The Balaban J connectivity index is 0.000000641. The molecule has 2 heterocycles. The molecule has 0 amide bonds. The van der Waals surface area contributed by atoms with Gasteiger partial charge in [0.2, 0.25) is 0 Å². The molecule has 0 spiro atoms. The lowest BCUT2D eigenvalue weighted by atomic mass is 9.96. The van der Waals surface area contributed by atoms with Gasteiger partial charge in [0.15, 0.2) is 0 Å². The van der Waals surface area contributed by atoms with Crippen LogP contribution in [0.4, 0.5) is 13.2 Å². The zero-order valence-electron chi connectivity index (χ0n) is 20.9. The third-order valence-electron chi connectivity index (χ3n) is 5.84. The number of fused-ring (bicyclic) bond motifs is 1. The summed E-state index contributed by atoms with van der Waals surface area (Å²) in [6.45, 7) is 16.9. The maximum Gasteiger partial charge on any atom is 0.409 e. The van der Waals surface area contributed by atoms with Crippen LogP contribution in [-0.2, 0) is 13.0 Å². The van der Waals surface area contributed by atoms with E-state index in [0.29, 0.717) is 10.9 Å². The van der Waals surface area contributed by atoms with Crippen LogP contribution in [0.5, 0.6) is 0 Å². The summed E-state index contributed by atoms with van der Waals surface area (Å²) in [5.74, 6) is 0.609. The fourth-order valence-electron chi connectivity index (χ4n) is 4.27. The van der Waals surface area contributed by atoms with Crippen LogP contribution in [0.2, 0.25) is 0 Å². The smallest absolute Gasteiger partial charge is 0.370 e. The molecule has 0 saturated heterocycles. The molecule has 0 fully saturated rings. The normalized spacial score (nSPS) is 14.7. The van der Waals surface area contributed by atoms with Gasteiger partial charge in [0.25, 0.3) is 5.56 Å². The maximum atomic E-state index is 13.5. The van der Waals surface area contributed by atoms with Gasteiger partial charge in [-0.3, -0.25) is 9.36 Å². The third kappa shape index (κ3) is 7.66. The first-order valence-corrected chi connectivity index (χ1v) is 12.1. The molecule has 190 valence electrons. The summed E-state index contributed by atoms with van der Waals surface area (Å²) in [7, 11) is 0. The van der Waals surface area contributed by atoms with Gasteiger partial charge in [0.1, 0.15) is 0 Å². The number of halogens is 3. The molecule has 1 aromatic carbocycles. The summed E-state index contributed by atoms with van der Waals surface area (Å²) in [6, 6.07) is 11.9. The van der Waals surface area contributed by atoms with Gasteiger partial charge in [-0.15, -0.1) is 12.6 Å². The summed E-state index contributed by atoms with van der Waals surface area (Å²) in [5.41, 5.74) is 5.43. The summed E-state index contributed by atoms with van der Waals surface area (Å²) in [6.07, 6.45) is -0.231. The number of benzene rings is 1. The monoisotopic (exact) mass is 504 g/mol. The number of pyridine rings is 1. The molecule has 3 rings (SSSR count). The quantitative estimate of drug-likeness (QED) is 0.329. The summed E-state index contributed by atoms with van der Waals surface area (Å²) in [4.78, 5) is 15.9. The van der Waals surface area contributed by atoms with Crippen LogP contribution in [0.1, 0.15) is 56.8 Å². The molecule has 1 unspecified atom stereocenters. The molecule has 1 aromatic heterocycles. The molecular weight excluding hydrogens is 469 g/mol. The maximum absolute atomic E-state index is 13.5. The average Bonchev–Trinajstić information content (AvgIpc) is 2.80. The topological polar surface area (TPSA) is 25.2 Å². The Morgan fingerprint density at radius 2 is 1.83 bits per heavy atom. The van der Waals surface area contributed by atoms with E-state index in [1.165, 1.54) is 5.70 Å². The summed E-state index contributed by atoms with van der Waals surface area (Å²) >= 11 is 4.73. The van der Waals surface area contributed by atoms with Crippen molar-refractivity contribution >= 4 is 12.6 Å². The third-order valence-corrected chi connectivity index (χ3v) is 6.18. The number of hydrogen-bond donors (Lipinski definition) is 1. The number of aromatic nitrogens is 1. The van der Waals surface area contributed by atoms with E-state index in [-0.39, 0.29) is 17.7 Å². The summed E-state index contributed by atoms with van der Waals surface area (Å²) < 4.78 is 33.8. The van der Waals surface area contributed by atoms with Crippen molar-refractivity contribution in [2.45, 2.75) is 64.3 Å². The molecule has 0 bridgehead atoms. The first-order valence-electron chi connectivity index (χ1n) is 11.7. The van der Waals surface area contributed by atoms with Gasteiger partial charge in [0, 0.05) is 30.4 Å². The second-order valence-corrected chi connectivity index (χ2v) is 9.59. The van der Waals surface area contributed by atoms with Gasteiger partial charge in [-0.2, -0.15) is 13.2 Å². The van der Waals surface area contributed by atoms with Crippen LogP contribution >= 0.6 is 12.6 Å². The van der Waals surface area contributed by atoms with E-state index >= 15 is 0 Å². The Bertz CT molecular complexity index is 1120. The van der Waals surface area contributed by atoms with Crippen LogP contribution in [0, 0.1) is 5.92 Å². The lowest BCUT2D eigenvalue weighted by molar-refractivity contribution is -0.0795. The van der Waals surface area contributed by atoms with Crippen LogP contribution in [-0.4, -0.2) is 22.2 Å². The molecule has 1 atom stereocenters. The highest BCUT2D eigenvalue weighted by Gasteiger charge is 2.26. The number of alkyl halides is 3. The van der Waals surface area contributed by atoms with Crippen molar-refractivity contribution in [2.24, 2.45) is 5.92 Å². The first kappa shape index (κ1) is 28.6. The summed E-state index contributed by atoms with van der Waals surface area (Å²) in [5, 5.41) is 0.693. The van der Waals surface area contributed by atoms with Crippen LogP contribution in [0.3, 0.4) is 0 Å². The molecule has 1 aliphatic heterocycles. The molecule has 0 aliphatic carbocycles. The highest BCUT2D eigenvalue weighted by molar-refractivity contribution is 7.80. The van der Waals surface area contributed by atoms with Crippen molar-refractivity contribution in [1.29, 1.82) is 0 Å². The van der Waals surface area contributed by atoms with E-state index < -0.39 is 6.18 Å². The van der Waals surface area contributed by atoms with Crippen LogP contribution < -0.4 is 5.56 Å². The van der Waals surface area contributed by atoms with Gasteiger partial charge in [-0.25, -0.2) is 0 Å². The zero-order chi connectivity index (χ0) is 26.3. The molecule has 0 radical (unpaired) electrons. The van der Waals surface area contributed by atoms with Crippen molar-refractivity contribution in [2.75, 3.05) is 6.54 Å². The minimum Gasteiger partial charge on any atom is -0.370 e. The Morgan fingerprint density at radius 3 is 2.31 bits per heavy atom. The Hall–Kier alpha value is -2.67. The van der Waals surface area contributed by atoms with E-state index in [4.69, 9.17) is 12.6 Å². The predicted molar refractivity (Wildman–Crippen MR) is 141 cm³/mol. The zero-order valence-corrected chi connectivity index (χ0v) is 21.8. The van der Waals surface area contributed by atoms with E-state index in [9.17, 15) is 18.0 Å². The van der Waals surface area contributed by atoms with E-state index in [1.807, 2.05) is 37.3 Å². The van der Waals surface area contributed by atoms with Crippen LogP contribution in [0.25, 0.3) is 0 Å². The molecule has 0 N–H and O–H groups in total. The largest absolute Gasteiger partial charge is 0.409 e. The Kier molecular flexibility index (Phi) is 10.1. The Morgan fingerprint density at radius 1 is 1.23 bits per heavy atom. The predicted octanol–water partition coefficient (Wildman–Crippen LogP) is 7.35. The van der Waals surface area contributed by atoms with E-state index in [0.717, 1.165) is 48.2 Å². The number of nitrogens with zero attached hydrogens (tertiary/aromatic N) is 2. The highest BCUT2D eigenvalue weighted by atomic mass is 32.1. The number of hydrogen-bond acceptors (Lipinski definition) is 3. The Labute approximate surface area is 212 Å². The van der Waals surface area contributed by atoms with Crippen molar-refractivity contribution in [3.8, 4) is 0 Å². The number of allylic oxidation sites excluding steroid dienone is 4. The molecule has 2 aromatic rings.